The van der Waals surface area contributed by atoms with Gasteiger partial charge in [-0.2, -0.15) is 13.2 Å². The Morgan fingerprint density at radius 3 is 1.35 bits per heavy atom. The summed E-state index contributed by atoms with van der Waals surface area (Å²) in [7, 11) is 0. The molecule has 0 radical (unpaired) electrons. The highest BCUT2D eigenvalue weighted by molar-refractivity contribution is 8.00. The highest BCUT2D eigenvalue weighted by atomic mass is 32.2. The first-order chi connectivity index (χ1) is 14.9. The molecular weight excluding hydrogens is 420 g/mol. The van der Waals surface area contributed by atoms with E-state index in [0.29, 0.717) is 6.07 Å². The van der Waals surface area contributed by atoms with Crippen LogP contribution in [0.4, 0.5) is 17.6 Å². The van der Waals surface area contributed by atoms with Crippen LogP contribution < -0.4 is 0 Å². The quantitative estimate of drug-likeness (QED) is 0.173. The molecule has 156 valence electrons. The second-order valence-corrected chi connectivity index (χ2v) is 8.28. The summed E-state index contributed by atoms with van der Waals surface area (Å²) in [6, 6.07) is 31.1. The highest BCUT2D eigenvalue weighted by Crippen LogP contribution is 2.53. The Morgan fingerprint density at radius 2 is 0.968 bits per heavy atom. The maximum absolute atomic E-state index is 13.8. The SMILES string of the molecule is Fc1ccc(SC(c2ccccc2)(c2ccccc2)c2ccccc2)c(C(F)(F)F)c1. The lowest BCUT2D eigenvalue weighted by molar-refractivity contribution is -0.139. The molecule has 0 N–H and O–H groups in total. The number of benzene rings is 4. The first-order valence-corrected chi connectivity index (χ1v) is 10.5. The van der Waals surface area contributed by atoms with Crippen LogP contribution >= 0.6 is 11.8 Å². The predicted molar refractivity (Wildman–Crippen MR) is 116 cm³/mol. The number of rotatable bonds is 5. The molecule has 4 aromatic carbocycles. The molecule has 4 rings (SSSR count). The van der Waals surface area contributed by atoms with E-state index in [1.807, 2.05) is 91.0 Å². The minimum Gasteiger partial charge on any atom is -0.207 e. The van der Waals surface area contributed by atoms with Crippen LogP contribution in [0.1, 0.15) is 22.3 Å². The standard InChI is InChI=1S/C26H18F4S/c27-22-16-17-24(23(18-22)26(28,29)30)31-25(19-10-4-1-5-11-19,20-12-6-2-7-13-20)21-14-8-3-9-15-21/h1-18H. The zero-order valence-corrected chi connectivity index (χ0v) is 17.1. The van der Waals surface area contributed by atoms with E-state index >= 15 is 0 Å². The average Bonchev–Trinajstić information content (AvgIpc) is 2.79. The van der Waals surface area contributed by atoms with E-state index in [0.717, 1.165) is 34.5 Å². The third-order valence-corrected chi connectivity index (χ3v) is 6.64. The minimum atomic E-state index is -4.68. The van der Waals surface area contributed by atoms with E-state index in [-0.39, 0.29) is 4.90 Å². The van der Waals surface area contributed by atoms with E-state index in [9.17, 15) is 17.6 Å². The summed E-state index contributed by atoms with van der Waals surface area (Å²) in [5, 5.41) is 0. The molecule has 0 bridgehead atoms. The molecule has 0 heterocycles. The molecule has 0 amide bonds. The average molecular weight is 438 g/mol. The summed E-state index contributed by atoms with van der Waals surface area (Å²) >= 11 is 1.07. The van der Waals surface area contributed by atoms with Crippen molar-refractivity contribution < 1.29 is 17.6 Å². The van der Waals surface area contributed by atoms with Crippen LogP contribution in [0.2, 0.25) is 0 Å². The largest absolute Gasteiger partial charge is 0.417 e. The fourth-order valence-corrected chi connectivity index (χ4v) is 5.19. The van der Waals surface area contributed by atoms with Crippen LogP contribution in [0.15, 0.2) is 114 Å². The Kier molecular flexibility index (Phi) is 5.88. The zero-order chi connectivity index (χ0) is 21.9. The van der Waals surface area contributed by atoms with E-state index in [1.165, 1.54) is 6.07 Å². The summed E-state index contributed by atoms with van der Waals surface area (Å²) in [4.78, 5) is -0.0366. The molecule has 0 aliphatic carbocycles. The summed E-state index contributed by atoms with van der Waals surface area (Å²) < 4.78 is 54.3. The van der Waals surface area contributed by atoms with Crippen LogP contribution in [0, 0.1) is 5.82 Å². The molecule has 0 fully saturated rings. The van der Waals surface area contributed by atoms with Crippen molar-refractivity contribution in [3.8, 4) is 0 Å². The molecule has 0 saturated carbocycles. The lowest BCUT2D eigenvalue weighted by atomic mass is 9.84. The third kappa shape index (κ3) is 4.23. The second-order valence-electron chi connectivity index (χ2n) is 7.02. The number of thioether (sulfide) groups is 1. The topological polar surface area (TPSA) is 0 Å². The van der Waals surface area contributed by atoms with Gasteiger partial charge in [-0.3, -0.25) is 0 Å². The normalized spacial score (nSPS) is 12.0. The summed E-state index contributed by atoms with van der Waals surface area (Å²) in [6.45, 7) is 0. The van der Waals surface area contributed by atoms with Crippen molar-refractivity contribution in [2.24, 2.45) is 0 Å². The van der Waals surface area contributed by atoms with Crippen molar-refractivity contribution in [2.75, 3.05) is 0 Å². The minimum absolute atomic E-state index is 0.0366. The van der Waals surface area contributed by atoms with Gasteiger partial charge in [0.15, 0.2) is 0 Å². The summed E-state index contributed by atoms with van der Waals surface area (Å²) in [5.74, 6) is -0.915. The molecule has 0 aliphatic heterocycles. The number of halogens is 4. The molecule has 4 aromatic rings. The summed E-state index contributed by atoms with van der Waals surface area (Å²) in [5.41, 5.74) is 1.50. The molecule has 0 unspecified atom stereocenters. The van der Waals surface area contributed by atoms with E-state index in [1.54, 1.807) is 0 Å². The van der Waals surface area contributed by atoms with Gasteiger partial charge in [0.25, 0.3) is 0 Å². The van der Waals surface area contributed by atoms with Gasteiger partial charge in [-0.05, 0) is 34.9 Å². The Hall–Kier alpha value is -3.05. The van der Waals surface area contributed by atoms with E-state index in [2.05, 4.69) is 0 Å². The van der Waals surface area contributed by atoms with Gasteiger partial charge in [-0.1, -0.05) is 91.0 Å². The Bertz CT molecular complexity index is 1040. The molecule has 0 aromatic heterocycles. The first-order valence-electron chi connectivity index (χ1n) is 9.63. The van der Waals surface area contributed by atoms with Crippen molar-refractivity contribution in [3.05, 3.63) is 137 Å². The van der Waals surface area contributed by atoms with Crippen molar-refractivity contribution in [1.29, 1.82) is 0 Å². The monoisotopic (exact) mass is 438 g/mol. The third-order valence-electron chi connectivity index (χ3n) is 5.05. The number of hydrogen-bond acceptors (Lipinski definition) is 1. The van der Waals surface area contributed by atoms with Gasteiger partial charge in [-0.25, -0.2) is 4.39 Å². The van der Waals surface area contributed by atoms with Gasteiger partial charge in [0.05, 0.1) is 10.3 Å². The predicted octanol–water partition coefficient (Wildman–Crippen LogP) is 7.93. The number of hydrogen-bond donors (Lipinski definition) is 0. The smallest absolute Gasteiger partial charge is 0.207 e. The van der Waals surface area contributed by atoms with Crippen LogP contribution in [-0.2, 0) is 10.9 Å². The van der Waals surface area contributed by atoms with Gasteiger partial charge in [0, 0.05) is 4.90 Å². The lowest BCUT2D eigenvalue weighted by Crippen LogP contribution is -2.26. The van der Waals surface area contributed by atoms with Crippen molar-refractivity contribution in [3.63, 3.8) is 0 Å². The van der Waals surface area contributed by atoms with E-state index in [4.69, 9.17) is 0 Å². The Labute approximate surface area is 182 Å². The van der Waals surface area contributed by atoms with Crippen molar-refractivity contribution in [1.82, 2.24) is 0 Å². The maximum atomic E-state index is 13.8. The Morgan fingerprint density at radius 1 is 0.548 bits per heavy atom. The fourth-order valence-electron chi connectivity index (χ4n) is 3.67. The number of alkyl halides is 3. The van der Waals surface area contributed by atoms with Gasteiger partial charge >= 0.3 is 6.18 Å². The molecule has 5 heteroatoms. The van der Waals surface area contributed by atoms with E-state index < -0.39 is 22.3 Å². The second kappa shape index (κ2) is 8.60. The fraction of sp³-hybridized carbons (Fsp3) is 0.0769. The lowest BCUT2D eigenvalue weighted by Gasteiger charge is -2.36. The molecule has 0 saturated heterocycles. The molecular formula is C26H18F4S. The van der Waals surface area contributed by atoms with Crippen molar-refractivity contribution in [2.45, 2.75) is 15.8 Å². The van der Waals surface area contributed by atoms with Crippen LogP contribution in [0.25, 0.3) is 0 Å². The van der Waals surface area contributed by atoms with Crippen LogP contribution in [0.5, 0.6) is 0 Å². The first kappa shape index (κ1) is 21.2. The Balaban J connectivity index is 2.03. The van der Waals surface area contributed by atoms with Crippen LogP contribution in [-0.4, -0.2) is 0 Å². The van der Waals surface area contributed by atoms with Crippen molar-refractivity contribution >= 4 is 11.8 Å². The molecule has 0 aliphatic rings. The highest BCUT2D eigenvalue weighted by Gasteiger charge is 2.41. The maximum Gasteiger partial charge on any atom is 0.417 e. The molecule has 0 nitrogen and oxygen atoms in total. The van der Waals surface area contributed by atoms with Gasteiger partial charge in [0.1, 0.15) is 5.82 Å². The molecule has 31 heavy (non-hydrogen) atoms. The van der Waals surface area contributed by atoms with Gasteiger partial charge in [-0.15, -0.1) is 11.8 Å². The summed E-state index contributed by atoms with van der Waals surface area (Å²) in [6.07, 6.45) is -4.68. The zero-order valence-electron chi connectivity index (χ0n) is 16.3. The molecule has 0 spiro atoms. The van der Waals surface area contributed by atoms with Gasteiger partial charge < -0.3 is 0 Å². The van der Waals surface area contributed by atoms with Crippen LogP contribution in [0.3, 0.4) is 0 Å². The molecule has 0 atom stereocenters. The van der Waals surface area contributed by atoms with Gasteiger partial charge in [0.2, 0.25) is 0 Å².